The fourth-order valence-electron chi connectivity index (χ4n) is 8.16. The molecule has 5 nitrogen and oxygen atoms in total. The van der Waals surface area contributed by atoms with Crippen LogP contribution < -0.4 is 4.74 Å². The van der Waals surface area contributed by atoms with Gasteiger partial charge in [-0.15, -0.1) is 0 Å². The molecule has 0 N–H and O–H groups in total. The molecule has 1 aliphatic carbocycles. The van der Waals surface area contributed by atoms with Gasteiger partial charge in [-0.05, 0) is 38.9 Å². The Kier molecular flexibility index (Phi) is 7.18. The molecule has 7 aromatic rings. The van der Waals surface area contributed by atoms with E-state index in [0.29, 0.717) is 11.5 Å². The second kappa shape index (κ2) is 10.9. The van der Waals surface area contributed by atoms with E-state index < -0.39 is 0 Å². The van der Waals surface area contributed by atoms with Crippen LogP contribution in [0.1, 0.15) is 79.0 Å². The molecule has 0 saturated carbocycles. The second-order valence-electron chi connectivity index (χ2n) is 16.5. The van der Waals surface area contributed by atoms with Gasteiger partial charge < -0.3 is 0 Å². The molecule has 3 aromatic heterocycles. The molecular weight excluding hydrogens is 796 g/mol. The Balaban J connectivity index is 1.34. The molecule has 8 rings (SSSR count). The predicted octanol–water partition coefficient (Wildman–Crippen LogP) is 10.8. The van der Waals surface area contributed by atoms with Crippen molar-refractivity contribution in [2.45, 2.75) is 78.6 Å². The van der Waals surface area contributed by atoms with Crippen molar-refractivity contribution < 1.29 is 24.1 Å². The number of hydrogen-bond donors (Lipinski definition) is 0. The summed E-state index contributed by atoms with van der Waals surface area (Å²) in [4.78, 5) is 4.97. The summed E-state index contributed by atoms with van der Waals surface area (Å²) >= 11 is 2.38. The van der Waals surface area contributed by atoms with E-state index in [-0.39, 0.29) is 21.7 Å². The third kappa shape index (κ3) is 4.55. The molecule has 6 heteroatoms. The van der Waals surface area contributed by atoms with Crippen LogP contribution in [0.4, 0.5) is 0 Å². The quantitative estimate of drug-likeness (QED) is 0.166. The molecule has 0 aliphatic heterocycles. The van der Waals surface area contributed by atoms with E-state index in [1.54, 1.807) is 0 Å². The van der Waals surface area contributed by atoms with Crippen molar-refractivity contribution in [1.29, 1.82) is 0 Å². The van der Waals surface area contributed by atoms with Crippen molar-refractivity contribution in [1.82, 2.24) is 18.7 Å². The zero-order valence-electron chi connectivity index (χ0n) is 30.6. The summed E-state index contributed by atoms with van der Waals surface area (Å²) in [6, 6.07) is 35.0. The van der Waals surface area contributed by atoms with Gasteiger partial charge in [0.2, 0.25) is 0 Å². The van der Waals surface area contributed by atoms with Crippen LogP contribution in [-0.4, -0.2) is 18.7 Å². The number of imidazole rings is 1. The Labute approximate surface area is 306 Å². The molecule has 0 unspecified atom stereocenters. The molecule has 0 spiro atoms. The van der Waals surface area contributed by atoms with Gasteiger partial charge in [0.05, 0.1) is 0 Å². The van der Waals surface area contributed by atoms with Crippen LogP contribution in [0.3, 0.4) is 0 Å². The summed E-state index contributed by atoms with van der Waals surface area (Å²) in [5.74, 6) is 2.16. The van der Waals surface area contributed by atoms with Crippen LogP contribution in [-0.2, 0) is 42.6 Å². The summed E-state index contributed by atoms with van der Waals surface area (Å²) in [5, 5.41) is 2.44. The number of benzene rings is 4. The maximum atomic E-state index is 6.60. The standard InChI is InChI=1S/C44H44N4O.Pt/c1-41(2,3)28-22-23-45-38(24-28)48-36-21-20-33-40(43(6,7)44(8,9)42(33,4)5)39(36)32-19-18-31(26-37(32)48)49-30-15-13-14-29(25-30)47-27-46(10)34-16-11-12-17-35(34)47;/h11-24H,1-10H3;/q-2;. The number of ether oxygens (including phenoxy) is 1. The molecule has 3 heterocycles. The topological polar surface area (TPSA) is 36.9 Å². The zero-order chi connectivity index (χ0) is 35.5. The van der Waals surface area contributed by atoms with Gasteiger partial charge in [-0.1, -0.05) is 68.4 Å². The Bertz CT molecular complexity index is 2570. The molecule has 1 aliphatic rings. The molecule has 0 amide bonds. The van der Waals surface area contributed by atoms with Gasteiger partial charge in [0, 0.05) is 6.20 Å². The minimum absolute atomic E-state index is 0.00753. The van der Waals surface area contributed by atoms with Crippen molar-refractivity contribution in [3.8, 4) is 23.0 Å². The molecule has 4 aromatic carbocycles. The number of aryl methyl sites for hydroxylation is 1. The number of rotatable bonds is 4. The van der Waals surface area contributed by atoms with Crippen LogP contribution in [0, 0.1) is 21.4 Å². The molecule has 0 atom stereocenters. The molecule has 50 heavy (non-hydrogen) atoms. The van der Waals surface area contributed by atoms with E-state index in [1.165, 1.54) is 22.1 Å². The fraction of sp³-hybridized carbons (Fsp3) is 0.318. The second-order valence-corrected chi connectivity index (χ2v) is 17.5. The van der Waals surface area contributed by atoms with Crippen LogP contribution in [0.2, 0.25) is 0 Å². The third-order valence-corrected chi connectivity index (χ3v) is 13.5. The summed E-state index contributed by atoms with van der Waals surface area (Å²) in [5.41, 5.74) is 9.31. The van der Waals surface area contributed by atoms with Gasteiger partial charge in [0.15, 0.2) is 0 Å². The van der Waals surface area contributed by atoms with Crippen molar-refractivity contribution in [2.24, 2.45) is 12.5 Å². The Morgan fingerprint density at radius 1 is 0.740 bits per heavy atom. The van der Waals surface area contributed by atoms with E-state index in [4.69, 9.17) is 9.72 Å². The Morgan fingerprint density at radius 2 is 1.46 bits per heavy atom. The van der Waals surface area contributed by atoms with E-state index in [0.717, 1.165) is 42.8 Å². The first-order chi connectivity index (χ1) is 23.5. The third-order valence-electron chi connectivity index (χ3n) is 12.2. The first-order valence-corrected chi connectivity index (χ1v) is 18.5. The Morgan fingerprint density at radius 3 is 2.20 bits per heavy atom. The van der Waals surface area contributed by atoms with E-state index in [1.807, 2.05) is 18.3 Å². The number of hydrogen-bond acceptors (Lipinski definition) is 2. The van der Waals surface area contributed by atoms with Gasteiger partial charge in [-0.3, -0.25) is 0 Å². The summed E-state index contributed by atoms with van der Waals surface area (Å²) < 4.78 is 14.4. The molecule has 258 valence electrons. The predicted molar refractivity (Wildman–Crippen MR) is 200 cm³/mol. The molecular formula is C44H44N4OPt-2. The zero-order valence-corrected chi connectivity index (χ0v) is 32.9. The summed E-state index contributed by atoms with van der Waals surface area (Å²) in [6.45, 7) is 21.2. The van der Waals surface area contributed by atoms with E-state index in [9.17, 15) is 0 Å². The molecule has 0 bridgehead atoms. The van der Waals surface area contributed by atoms with Crippen molar-refractivity contribution in [3.05, 3.63) is 118 Å². The average Bonchev–Trinajstić information content (AvgIpc) is 3.57. The fourth-order valence-corrected chi connectivity index (χ4v) is 8.98. The molecule has 0 fully saturated rings. The van der Waals surface area contributed by atoms with Crippen molar-refractivity contribution >= 4 is 32.8 Å². The van der Waals surface area contributed by atoms with Crippen LogP contribution in [0.5, 0.6) is 11.5 Å². The number of aromatic nitrogens is 4. The van der Waals surface area contributed by atoms with E-state index in [2.05, 4.69) is 181 Å². The maximum absolute atomic E-state index is 6.60. The SMILES string of the molecule is Cn1[c](=[Pt])n(-c2[c-]c(Oc3[c-]c4c(cc3)c3c5c(ccc3n4-c3cc(C(C)(C)C)ccn3)C(C)(C)C(C)(C)C5(C)C)ccc2)c2ccccc21. The number of nitrogens with zero attached hydrogens (tertiary/aromatic N) is 4. The molecule has 0 radical (unpaired) electrons. The van der Waals surface area contributed by atoms with Crippen molar-refractivity contribution in [3.63, 3.8) is 0 Å². The first-order valence-electron chi connectivity index (χ1n) is 17.4. The minimum atomic E-state index is -0.0768. The van der Waals surface area contributed by atoms with Gasteiger partial charge in [-0.2, -0.15) is 0 Å². The summed E-state index contributed by atoms with van der Waals surface area (Å²) in [7, 11) is 2.09. The van der Waals surface area contributed by atoms with Crippen LogP contribution in [0.25, 0.3) is 44.3 Å². The first kappa shape index (κ1) is 33.0. The number of para-hydroxylation sites is 2. The van der Waals surface area contributed by atoms with Crippen LogP contribution in [0.15, 0.2) is 85.1 Å². The van der Waals surface area contributed by atoms with Crippen LogP contribution >= 0.6 is 0 Å². The number of pyridine rings is 1. The van der Waals surface area contributed by atoms with Gasteiger partial charge in [0.25, 0.3) is 0 Å². The van der Waals surface area contributed by atoms with Gasteiger partial charge >= 0.3 is 194 Å². The van der Waals surface area contributed by atoms with Crippen molar-refractivity contribution in [2.75, 3.05) is 0 Å². The molecule has 0 saturated heterocycles. The average molecular weight is 840 g/mol. The van der Waals surface area contributed by atoms with Gasteiger partial charge in [0.1, 0.15) is 0 Å². The number of fused-ring (bicyclic) bond motifs is 6. The Hall–Kier alpha value is -4.21. The monoisotopic (exact) mass is 839 g/mol. The van der Waals surface area contributed by atoms with Gasteiger partial charge in [-0.25, -0.2) is 0 Å². The summed E-state index contributed by atoms with van der Waals surface area (Å²) in [6.07, 6.45) is 1.93. The van der Waals surface area contributed by atoms with E-state index >= 15 is 0 Å². The normalized spacial score (nSPS) is 16.4.